The van der Waals surface area contributed by atoms with E-state index < -0.39 is 12.7 Å². The van der Waals surface area contributed by atoms with Gasteiger partial charge in [-0.25, -0.2) is 0 Å². The largest absolute Gasteiger partial charge is 0.573 e. The van der Waals surface area contributed by atoms with E-state index in [0.717, 1.165) is 29.8 Å². The van der Waals surface area contributed by atoms with Crippen LogP contribution in [0, 0.1) is 11.3 Å². The molecule has 0 amide bonds. The Morgan fingerprint density at radius 2 is 1.81 bits per heavy atom. The molecular weight excluding hydrogens is 411 g/mol. The van der Waals surface area contributed by atoms with Crippen molar-refractivity contribution >= 4 is 5.57 Å². The molecule has 0 radical (unpaired) electrons. The van der Waals surface area contributed by atoms with Gasteiger partial charge in [0.2, 0.25) is 0 Å². The van der Waals surface area contributed by atoms with Crippen molar-refractivity contribution in [1.82, 2.24) is 20.0 Å². The molecule has 2 aliphatic heterocycles. The Balaban J connectivity index is 1.40. The van der Waals surface area contributed by atoms with Crippen LogP contribution < -0.4 is 4.74 Å². The molecule has 31 heavy (non-hydrogen) atoms. The number of halogens is 3. The molecule has 7 nitrogen and oxygen atoms in total. The van der Waals surface area contributed by atoms with Crippen LogP contribution in [0.15, 0.2) is 36.0 Å². The lowest BCUT2D eigenvalue weighted by Gasteiger charge is -2.40. The fraction of sp³-hybridized carbons (Fsp3) is 0.429. The van der Waals surface area contributed by atoms with E-state index in [4.69, 9.17) is 0 Å². The molecule has 10 heteroatoms. The van der Waals surface area contributed by atoms with E-state index in [9.17, 15) is 23.5 Å². The summed E-state index contributed by atoms with van der Waals surface area (Å²) >= 11 is 0. The average molecular weight is 433 g/mol. The lowest BCUT2D eigenvalue weighted by Crippen LogP contribution is -2.51. The second-order valence-electron chi connectivity index (χ2n) is 7.64. The first kappa shape index (κ1) is 21.4. The van der Waals surface area contributed by atoms with Gasteiger partial charge in [0, 0.05) is 43.9 Å². The molecule has 1 aromatic carbocycles. The highest BCUT2D eigenvalue weighted by atomic mass is 19.4. The van der Waals surface area contributed by atoms with Gasteiger partial charge in [0.1, 0.15) is 5.75 Å². The normalized spacial score (nSPS) is 18.9. The molecule has 1 saturated heterocycles. The standard InChI is InChI=1S/C21H22F3N5O2/c22-21(23,24)31-17-3-1-14(2-4-17)18(11-25)15-5-8-28(9-6-15)20(30)29-10-7-19-16(13-29)12-26-27-19/h1-4,12,20,30H,5-10,13H2,(H,26,27)/t20-/m1/s1. The van der Waals surface area contributed by atoms with E-state index in [-0.39, 0.29) is 5.75 Å². The molecule has 2 aromatic rings. The van der Waals surface area contributed by atoms with Crippen molar-refractivity contribution < 1.29 is 23.0 Å². The van der Waals surface area contributed by atoms with Gasteiger partial charge < -0.3 is 9.84 Å². The number of aliphatic hydroxyl groups excluding tert-OH is 1. The van der Waals surface area contributed by atoms with E-state index in [1.807, 2.05) is 9.80 Å². The van der Waals surface area contributed by atoms with Crippen LogP contribution in [0.25, 0.3) is 5.57 Å². The first-order valence-corrected chi connectivity index (χ1v) is 9.99. The molecular formula is C21H22F3N5O2. The fourth-order valence-corrected chi connectivity index (χ4v) is 4.12. The average Bonchev–Trinajstić information content (AvgIpc) is 3.22. The molecule has 0 spiro atoms. The molecule has 0 unspecified atom stereocenters. The fourth-order valence-electron chi connectivity index (χ4n) is 4.12. The highest BCUT2D eigenvalue weighted by Crippen LogP contribution is 2.30. The van der Waals surface area contributed by atoms with E-state index in [1.165, 1.54) is 24.3 Å². The molecule has 2 aliphatic rings. The highest BCUT2D eigenvalue weighted by molar-refractivity contribution is 5.79. The van der Waals surface area contributed by atoms with Crippen molar-refractivity contribution in [3.05, 3.63) is 52.9 Å². The van der Waals surface area contributed by atoms with Crippen molar-refractivity contribution in [2.75, 3.05) is 19.6 Å². The van der Waals surface area contributed by atoms with Gasteiger partial charge in [0.25, 0.3) is 0 Å². The Bertz CT molecular complexity index is 984. The number of piperidine rings is 1. The minimum absolute atomic E-state index is 0.321. The summed E-state index contributed by atoms with van der Waals surface area (Å²) in [6.45, 7) is 2.53. The van der Waals surface area contributed by atoms with Gasteiger partial charge in [-0.1, -0.05) is 0 Å². The monoisotopic (exact) mass is 433 g/mol. The Labute approximate surface area is 177 Å². The van der Waals surface area contributed by atoms with Crippen molar-refractivity contribution in [2.24, 2.45) is 0 Å². The summed E-state index contributed by atoms with van der Waals surface area (Å²) in [4.78, 5) is 3.97. The predicted molar refractivity (Wildman–Crippen MR) is 105 cm³/mol. The van der Waals surface area contributed by atoms with Crippen molar-refractivity contribution in [2.45, 2.75) is 38.5 Å². The maximum Gasteiger partial charge on any atom is 0.573 e. The van der Waals surface area contributed by atoms with Crippen molar-refractivity contribution in [1.29, 1.82) is 5.26 Å². The van der Waals surface area contributed by atoms with Gasteiger partial charge in [-0.05, 0) is 48.2 Å². The maximum atomic E-state index is 12.3. The summed E-state index contributed by atoms with van der Waals surface area (Å²) < 4.78 is 40.9. The van der Waals surface area contributed by atoms with Gasteiger partial charge in [-0.2, -0.15) is 10.4 Å². The third-order valence-corrected chi connectivity index (χ3v) is 5.73. The Kier molecular flexibility index (Phi) is 6.00. The van der Waals surface area contributed by atoms with Crippen LogP contribution in [0.4, 0.5) is 13.2 Å². The number of likely N-dealkylation sites (tertiary alicyclic amines) is 1. The third kappa shape index (κ3) is 4.90. The summed E-state index contributed by atoms with van der Waals surface area (Å²) in [5.74, 6) is -0.321. The van der Waals surface area contributed by atoms with E-state index in [1.54, 1.807) is 6.20 Å². The number of ether oxygens (including phenoxy) is 1. The Morgan fingerprint density at radius 1 is 1.13 bits per heavy atom. The number of aromatic amines is 1. The highest BCUT2D eigenvalue weighted by Gasteiger charge is 2.31. The second kappa shape index (κ2) is 8.70. The number of benzene rings is 1. The molecule has 3 heterocycles. The summed E-state index contributed by atoms with van der Waals surface area (Å²) in [5.41, 5.74) is 4.16. The summed E-state index contributed by atoms with van der Waals surface area (Å²) in [7, 11) is 0. The van der Waals surface area contributed by atoms with Crippen LogP contribution in [-0.4, -0.2) is 57.5 Å². The van der Waals surface area contributed by atoms with Gasteiger partial charge in [0.15, 0.2) is 6.35 Å². The zero-order chi connectivity index (χ0) is 22.0. The number of nitrogens with one attached hydrogen (secondary N) is 1. The maximum absolute atomic E-state index is 12.3. The summed E-state index contributed by atoms with van der Waals surface area (Å²) in [6, 6.07) is 7.53. The smallest absolute Gasteiger partial charge is 0.406 e. The lowest BCUT2D eigenvalue weighted by atomic mass is 9.94. The third-order valence-electron chi connectivity index (χ3n) is 5.73. The number of rotatable bonds is 4. The van der Waals surface area contributed by atoms with Crippen molar-refractivity contribution in [3.8, 4) is 11.8 Å². The molecule has 1 fully saturated rings. The van der Waals surface area contributed by atoms with Crippen LogP contribution in [0.3, 0.4) is 0 Å². The van der Waals surface area contributed by atoms with E-state index in [0.29, 0.717) is 43.6 Å². The topological polar surface area (TPSA) is 88.4 Å². The predicted octanol–water partition coefficient (Wildman–Crippen LogP) is 3.02. The van der Waals surface area contributed by atoms with Gasteiger partial charge in [-0.3, -0.25) is 14.9 Å². The van der Waals surface area contributed by atoms with Crippen LogP contribution >= 0.6 is 0 Å². The van der Waals surface area contributed by atoms with Crippen LogP contribution in [-0.2, 0) is 13.0 Å². The SMILES string of the molecule is N#CC(=C1CCN([C@@H](O)N2CCc3[nH]ncc3C2)CC1)c1ccc(OC(F)(F)F)cc1. The zero-order valence-electron chi connectivity index (χ0n) is 16.7. The van der Waals surface area contributed by atoms with Crippen LogP contribution in [0.1, 0.15) is 29.7 Å². The van der Waals surface area contributed by atoms with Crippen LogP contribution in [0.2, 0.25) is 0 Å². The van der Waals surface area contributed by atoms with E-state index in [2.05, 4.69) is 21.0 Å². The second-order valence-corrected chi connectivity index (χ2v) is 7.64. The minimum Gasteiger partial charge on any atom is -0.406 e. The molecule has 0 saturated carbocycles. The Morgan fingerprint density at radius 3 is 2.45 bits per heavy atom. The Hall–Kier alpha value is -2.87. The van der Waals surface area contributed by atoms with Crippen molar-refractivity contribution in [3.63, 3.8) is 0 Å². The number of alkyl halides is 3. The number of nitrogens with zero attached hydrogens (tertiary/aromatic N) is 4. The number of fused-ring (bicyclic) bond motifs is 1. The van der Waals surface area contributed by atoms with Gasteiger partial charge in [-0.15, -0.1) is 13.2 Å². The molecule has 1 aromatic heterocycles. The number of hydrogen-bond acceptors (Lipinski definition) is 6. The minimum atomic E-state index is -4.75. The van der Waals surface area contributed by atoms with Gasteiger partial charge >= 0.3 is 6.36 Å². The number of allylic oxidation sites excluding steroid dienone is 1. The zero-order valence-corrected chi connectivity index (χ0v) is 16.7. The molecule has 1 atom stereocenters. The lowest BCUT2D eigenvalue weighted by molar-refractivity contribution is -0.274. The molecule has 0 bridgehead atoms. The molecule has 0 aliphatic carbocycles. The number of aliphatic hydroxyl groups is 1. The van der Waals surface area contributed by atoms with E-state index >= 15 is 0 Å². The number of hydrogen-bond donors (Lipinski definition) is 2. The molecule has 4 rings (SSSR count). The molecule has 164 valence electrons. The van der Waals surface area contributed by atoms with Crippen LogP contribution in [0.5, 0.6) is 5.75 Å². The first-order valence-electron chi connectivity index (χ1n) is 9.99. The number of aromatic nitrogens is 2. The first-order chi connectivity index (χ1) is 14.8. The molecule has 2 N–H and O–H groups in total. The summed E-state index contributed by atoms with van der Waals surface area (Å²) in [5, 5.41) is 27.5. The summed E-state index contributed by atoms with van der Waals surface area (Å²) in [6.07, 6.45) is -1.67. The number of H-pyrrole nitrogens is 1. The van der Waals surface area contributed by atoms with Gasteiger partial charge in [0.05, 0.1) is 17.8 Å². The quantitative estimate of drug-likeness (QED) is 0.721. The number of nitriles is 1.